The van der Waals surface area contributed by atoms with Gasteiger partial charge in [-0.1, -0.05) is 6.07 Å². The number of hydrogen-bond donors (Lipinski definition) is 2. The van der Waals surface area contributed by atoms with E-state index in [1.54, 1.807) is 20.0 Å². The second-order valence-corrected chi connectivity index (χ2v) is 6.56. The molecular weight excluding hydrogens is 351 g/mol. The Labute approximate surface area is 159 Å². The van der Waals surface area contributed by atoms with Crippen molar-refractivity contribution in [1.82, 2.24) is 15.5 Å². The van der Waals surface area contributed by atoms with Crippen molar-refractivity contribution in [3.63, 3.8) is 0 Å². The summed E-state index contributed by atoms with van der Waals surface area (Å²) in [7, 11) is 5.01. The molecule has 0 spiro atoms. The molecule has 1 atom stereocenters. The van der Waals surface area contributed by atoms with Crippen molar-refractivity contribution in [3.05, 3.63) is 29.6 Å². The number of amides is 1. The van der Waals surface area contributed by atoms with Crippen molar-refractivity contribution < 1.29 is 18.7 Å². The lowest BCUT2D eigenvalue weighted by molar-refractivity contribution is 0.146. The van der Waals surface area contributed by atoms with Crippen molar-refractivity contribution in [2.24, 2.45) is 10.9 Å². The van der Waals surface area contributed by atoms with Crippen molar-refractivity contribution >= 4 is 12.1 Å². The van der Waals surface area contributed by atoms with Crippen LogP contribution < -0.4 is 15.4 Å². The molecule has 0 heterocycles. The van der Waals surface area contributed by atoms with E-state index in [9.17, 15) is 9.18 Å². The number of alkyl carbamates (subject to hydrolysis) is 1. The van der Waals surface area contributed by atoms with Gasteiger partial charge in [0, 0.05) is 27.2 Å². The molecule has 27 heavy (non-hydrogen) atoms. The standard InChI is InChI=1S/C19H29FN4O3/c1-5-27-19(25)23-16(14-7-8-14)11-22-18(21-2)24(3)12-13-6-9-17(26-4)15(20)10-13/h6,9-10,14,16H,5,7-8,11-12H2,1-4H3,(H,21,22)(H,23,25). The first kappa shape index (κ1) is 20.8. The zero-order valence-electron chi connectivity index (χ0n) is 16.4. The summed E-state index contributed by atoms with van der Waals surface area (Å²) < 4.78 is 23.8. The van der Waals surface area contributed by atoms with Gasteiger partial charge in [0.05, 0.1) is 19.8 Å². The van der Waals surface area contributed by atoms with Gasteiger partial charge in [0.2, 0.25) is 0 Å². The molecular formula is C19H29FN4O3. The summed E-state index contributed by atoms with van der Waals surface area (Å²) in [5.41, 5.74) is 0.808. The highest BCUT2D eigenvalue weighted by molar-refractivity contribution is 5.79. The number of aliphatic imine (C=N–C) groups is 1. The summed E-state index contributed by atoms with van der Waals surface area (Å²) in [5, 5.41) is 6.19. The van der Waals surface area contributed by atoms with Crippen LogP contribution in [0.2, 0.25) is 0 Å². The van der Waals surface area contributed by atoms with Crippen LogP contribution in [0.1, 0.15) is 25.3 Å². The Kier molecular flexibility index (Phi) is 7.69. The molecule has 0 aromatic heterocycles. The van der Waals surface area contributed by atoms with Crippen LogP contribution in [0, 0.1) is 11.7 Å². The highest BCUT2D eigenvalue weighted by Gasteiger charge is 2.32. The number of nitrogens with one attached hydrogen (secondary N) is 2. The van der Waals surface area contributed by atoms with Gasteiger partial charge in [-0.3, -0.25) is 4.99 Å². The van der Waals surface area contributed by atoms with Crippen LogP contribution in [0.3, 0.4) is 0 Å². The minimum atomic E-state index is -0.395. The number of nitrogens with zero attached hydrogens (tertiary/aromatic N) is 2. The Morgan fingerprint density at radius 1 is 1.44 bits per heavy atom. The molecule has 1 aromatic rings. The van der Waals surface area contributed by atoms with Crippen molar-refractivity contribution in [2.45, 2.75) is 32.4 Å². The first-order valence-corrected chi connectivity index (χ1v) is 9.16. The fourth-order valence-electron chi connectivity index (χ4n) is 2.90. The lowest BCUT2D eigenvalue weighted by Crippen LogP contribution is -2.48. The lowest BCUT2D eigenvalue weighted by Gasteiger charge is -2.25. The van der Waals surface area contributed by atoms with Crippen LogP contribution in [0.15, 0.2) is 23.2 Å². The molecule has 8 heteroatoms. The zero-order valence-corrected chi connectivity index (χ0v) is 16.4. The summed E-state index contributed by atoms with van der Waals surface area (Å²) >= 11 is 0. The maximum Gasteiger partial charge on any atom is 0.407 e. The van der Waals surface area contributed by atoms with E-state index in [-0.39, 0.29) is 11.8 Å². The monoisotopic (exact) mass is 380 g/mol. The number of methoxy groups -OCH3 is 1. The molecule has 0 bridgehead atoms. The molecule has 1 fully saturated rings. The van der Waals surface area contributed by atoms with Crippen LogP contribution in [-0.2, 0) is 11.3 Å². The second kappa shape index (κ2) is 9.99. The first-order valence-electron chi connectivity index (χ1n) is 9.16. The quantitative estimate of drug-likeness (QED) is 0.535. The Morgan fingerprint density at radius 3 is 2.74 bits per heavy atom. The number of carbonyl (C=O) groups is 1. The number of guanidine groups is 1. The summed E-state index contributed by atoms with van der Waals surface area (Å²) in [6, 6.07) is 4.88. The molecule has 1 amide bonds. The number of carbonyl (C=O) groups excluding carboxylic acids is 1. The Balaban J connectivity index is 1.91. The van der Waals surface area contributed by atoms with Crippen molar-refractivity contribution in [1.29, 1.82) is 0 Å². The van der Waals surface area contributed by atoms with Gasteiger partial charge in [0.1, 0.15) is 0 Å². The number of rotatable bonds is 8. The topological polar surface area (TPSA) is 75.2 Å². The molecule has 0 saturated heterocycles. The number of hydrogen-bond acceptors (Lipinski definition) is 4. The predicted molar refractivity (Wildman–Crippen MR) is 102 cm³/mol. The largest absolute Gasteiger partial charge is 0.494 e. The lowest BCUT2D eigenvalue weighted by atomic mass is 10.2. The summed E-state index contributed by atoms with van der Waals surface area (Å²) in [5.74, 6) is 0.962. The fraction of sp³-hybridized carbons (Fsp3) is 0.579. The molecule has 7 nitrogen and oxygen atoms in total. The molecule has 150 valence electrons. The average Bonchev–Trinajstić information content (AvgIpc) is 3.46. The smallest absolute Gasteiger partial charge is 0.407 e. The second-order valence-electron chi connectivity index (χ2n) is 6.56. The molecule has 2 rings (SSSR count). The normalized spacial score (nSPS) is 15.1. The SMILES string of the molecule is CCOC(=O)NC(CNC(=NC)N(C)Cc1ccc(OC)c(F)c1)C1CC1. The summed E-state index contributed by atoms with van der Waals surface area (Å²) in [4.78, 5) is 17.9. The summed E-state index contributed by atoms with van der Waals surface area (Å²) in [6.45, 7) is 3.17. The van der Waals surface area contributed by atoms with Gasteiger partial charge in [-0.15, -0.1) is 0 Å². The van der Waals surface area contributed by atoms with Crippen LogP contribution in [0.4, 0.5) is 9.18 Å². The molecule has 2 N–H and O–H groups in total. The minimum absolute atomic E-state index is 0.00682. The van der Waals surface area contributed by atoms with E-state index in [0.717, 1.165) is 18.4 Å². The van der Waals surface area contributed by atoms with Crippen LogP contribution in [-0.4, -0.2) is 57.4 Å². The molecule has 1 aliphatic carbocycles. The van der Waals surface area contributed by atoms with E-state index >= 15 is 0 Å². The fourth-order valence-corrected chi connectivity index (χ4v) is 2.90. The van der Waals surface area contributed by atoms with E-state index in [1.165, 1.54) is 13.2 Å². The molecule has 1 unspecified atom stereocenters. The van der Waals surface area contributed by atoms with Crippen LogP contribution in [0.25, 0.3) is 0 Å². The molecule has 0 aliphatic heterocycles. The highest BCUT2D eigenvalue weighted by Crippen LogP contribution is 2.32. The third kappa shape index (κ3) is 6.30. The number of ether oxygens (including phenoxy) is 2. The molecule has 0 radical (unpaired) electrons. The number of halogens is 1. The van der Waals surface area contributed by atoms with Gasteiger partial charge in [0.25, 0.3) is 0 Å². The maximum atomic E-state index is 13.9. The van der Waals surface area contributed by atoms with Gasteiger partial charge in [0.15, 0.2) is 17.5 Å². The minimum Gasteiger partial charge on any atom is -0.494 e. The predicted octanol–water partition coefficient (Wildman–Crippen LogP) is 2.37. The zero-order chi connectivity index (χ0) is 19.8. The van der Waals surface area contributed by atoms with Gasteiger partial charge < -0.3 is 25.0 Å². The van der Waals surface area contributed by atoms with Gasteiger partial charge >= 0.3 is 6.09 Å². The van der Waals surface area contributed by atoms with Crippen LogP contribution >= 0.6 is 0 Å². The third-order valence-corrected chi connectivity index (χ3v) is 4.46. The average molecular weight is 380 g/mol. The van der Waals surface area contributed by atoms with Crippen LogP contribution in [0.5, 0.6) is 5.75 Å². The Hall–Kier alpha value is -2.51. The summed E-state index contributed by atoms with van der Waals surface area (Å²) in [6.07, 6.45) is 1.80. The van der Waals surface area contributed by atoms with E-state index in [4.69, 9.17) is 9.47 Å². The molecule has 1 aliphatic rings. The Morgan fingerprint density at radius 2 is 2.19 bits per heavy atom. The first-order chi connectivity index (χ1) is 13.0. The van der Waals surface area contributed by atoms with E-state index in [1.807, 2.05) is 18.0 Å². The van der Waals surface area contributed by atoms with Gasteiger partial charge in [-0.05, 0) is 43.4 Å². The van der Waals surface area contributed by atoms with Gasteiger partial charge in [-0.2, -0.15) is 0 Å². The molecule has 1 aromatic carbocycles. The van der Waals surface area contributed by atoms with Gasteiger partial charge in [-0.25, -0.2) is 9.18 Å². The highest BCUT2D eigenvalue weighted by atomic mass is 19.1. The Bertz CT molecular complexity index is 664. The number of benzene rings is 1. The molecule has 1 saturated carbocycles. The van der Waals surface area contributed by atoms with E-state index in [2.05, 4.69) is 15.6 Å². The third-order valence-electron chi connectivity index (χ3n) is 4.46. The van der Waals surface area contributed by atoms with E-state index < -0.39 is 11.9 Å². The van der Waals surface area contributed by atoms with E-state index in [0.29, 0.717) is 31.6 Å². The van der Waals surface area contributed by atoms with Crippen molar-refractivity contribution in [3.8, 4) is 5.75 Å². The van der Waals surface area contributed by atoms with Crippen molar-refractivity contribution in [2.75, 3.05) is 34.4 Å². The maximum absolute atomic E-state index is 13.9.